The summed E-state index contributed by atoms with van der Waals surface area (Å²) in [6, 6.07) is 13.3. The summed E-state index contributed by atoms with van der Waals surface area (Å²) >= 11 is 0. The highest BCUT2D eigenvalue weighted by atomic mass is 16.5. The summed E-state index contributed by atoms with van der Waals surface area (Å²) in [6.45, 7) is 3.91. The van der Waals surface area contributed by atoms with Gasteiger partial charge in [0.25, 0.3) is 5.91 Å². The smallest absolute Gasteiger partial charge is 0.262 e. The molecule has 6 nitrogen and oxygen atoms in total. The molecule has 1 N–H and O–H groups in total. The van der Waals surface area contributed by atoms with E-state index in [-0.39, 0.29) is 12.5 Å². The maximum atomic E-state index is 12.1. The van der Waals surface area contributed by atoms with E-state index < -0.39 is 0 Å². The molecule has 0 atom stereocenters. The Morgan fingerprint density at radius 1 is 1.04 bits per heavy atom. The Kier molecular flexibility index (Phi) is 4.56. The molecule has 0 saturated heterocycles. The molecule has 0 unspecified atom stereocenters. The summed E-state index contributed by atoms with van der Waals surface area (Å²) in [4.78, 5) is 12.1. The molecule has 0 fully saturated rings. The van der Waals surface area contributed by atoms with E-state index in [1.54, 1.807) is 17.2 Å². The summed E-state index contributed by atoms with van der Waals surface area (Å²) in [6.07, 6.45) is 3.18. The Labute approximate surface area is 140 Å². The third kappa shape index (κ3) is 3.78. The highest BCUT2D eigenvalue weighted by molar-refractivity contribution is 5.91. The first kappa shape index (κ1) is 15.7. The second-order valence-electron chi connectivity index (χ2n) is 5.54. The van der Waals surface area contributed by atoms with Gasteiger partial charge < -0.3 is 10.1 Å². The molecule has 0 aliphatic heterocycles. The fourth-order valence-electron chi connectivity index (χ4n) is 2.25. The number of hydrogen-bond acceptors (Lipinski definition) is 4. The topological polar surface area (TPSA) is 69.0 Å². The Morgan fingerprint density at radius 2 is 1.71 bits per heavy atom. The number of carbonyl (C=O) groups is 1. The van der Waals surface area contributed by atoms with Crippen molar-refractivity contribution in [2.75, 3.05) is 11.9 Å². The second kappa shape index (κ2) is 6.95. The number of benzene rings is 2. The normalized spacial score (nSPS) is 10.4. The van der Waals surface area contributed by atoms with Gasteiger partial charge in [-0.15, -0.1) is 10.2 Å². The molecule has 1 aromatic heterocycles. The van der Waals surface area contributed by atoms with Crippen molar-refractivity contribution in [3.63, 3.8) is 0 Å². The first-order valence-electron chi connectivity index (χ1n) is 7.57. The van der Waals surface area contributed by atoms with Gasteiger partial charge in [-0.1, -0.05) is 23.8 Å². The first-order chi connectivity index (χ1) is 11.6. The molecular weight excluding hydrogens is 304 g/mol. The lowest BCUT2D eigenvalue weighted by molar-refractivity contribution is -0.118. The van der Waals surface area contributed by atoms with Gasteiger partial charge in [-0.05, 0) is 43.7 Å². The van der Waals surface area contributed by atoms with E-state index in [9.17, 15) is 4.79 Å². The lowest BCUT2D eigenvalue weighted by Gasteiger charge is -2.12. The van der Waals surface area contributed by atoms with Crippen LogP contribution in [-0.4, -0.2) is 27.3 Å². The maximum absolute atomic E-state index is 12.1. The third-order valence-electron chi connectivity index (χ3n) is 3.51. The Balaban J connectivity index is 1.68. The van der Waals surface area contributed by atoms with E-state index in [4.69, 9.17) is 4.74 Å². The van der Waals surface area contributed by atoms with Crippen LogP contribution in [0.15, 0.2) is 55.1 Å². The maximum Gasteiger partial charge on any atom is 0.262 e. The number of aryl methyl sites for hydroxylation is 2. The predicted molar refractivity (Wildman–Crippen MR) is 91.4 cm³/mol. The van der Waals surface area contributed by atoms with Gasteiger partial charge in [0.1, 0.15) is 18.4 Å². The number of nitrogens with one attached hydrogen (secondary N) is 1. The van der Waals surface area contributed by atoms with Gasteiger partial charge >= 0.3 is 0 Å². The van der Waals surface area contributed by atoms with Crippen LogP contribution in [0.25, 0.3) is 5.69 Å². The fourth-order valence-corrected chi connectivity index (χ4v) is 2.25. The number of hydrogen-bond donors (Lipinski definition) is 1. The fraction of sp³-hybridized carbons (Fsp3) is 0.167. The molecule has 0 aliphatic rings. The molecule has 1 heterocycles. The van der Waals surface area contributed by atoms with Crippen molar-refractivity contribution in [2.45, 2.75) is 13.8 Å². The standard InChI is InChI=1S/C18H18N4O2/c1-13-3-6-15(7-4-13)21-18(23)10-24-17-8-5-14(2)9-16(17)22-11-19-20-12-22/h3-9,11-12H,10H2,1-2H3,(H,21,23). The molecule has 0 aliphatic carbocycles. The van der Waals surface area contributed by atoms with Crippen LogP contribution < -0.4 is 10.1 Å². The number of nitrogens with zero attached hydrogens (tertiary/aromatic N) is 3. The van der Waals surface area contributed by atoms with Gasteiger partial charge in [0.2, 0.25) is 0 Å². The van der Waals surface area contributed by atoms with E-state index in [0.717, 1.165) is 22.5 Å². The van der Waals surface area contributed by atoms with Gasteiger partial charge in [-0.25, -0.2) is 0 Å². The summed E-state index contributed by atoms with van der Waals surface area (Å²) in [5, 5.41) is 10.4. The van der Waals surface area contributed by atoms with Crippen LogP contribution in [0.5, 0.6) is 5.75 Å². The van der Waals surface area contributed by atoms with Crippen LogP contribution in [0.3, 0.4) is 0 Å². The Hall–Kier alpha value is -3.15. The summed E-state index contributed by atoms with van der Waals surface area (Å²) in [5.41, 5.74) is 3.76. The molecule has 0 bridgehead atoms. The number of ether oxygens (including phenoxy) is 1. The summed E-state index contributed by atoms with van der Waals surface area (Å²) in [7, 11) is 0. The lowest BCUT2D eigenvalue weighted by atomic mass is 10.2. The molecule has 3 rings (SSSR count). The van der Waals surface area contributed by atoms with Crippen LogP contribution in [0, 0.1) is 13.8 Å². The minimum absolute atomic E-state index is 0.0773. The predicted octanol–water partition coefficient (Wildman–Crippen LogP) is 2.90. The molecule has 3 aromatic rings. The molecule has 0 saturated carbocycles. The van der Waals surface area contributed by atoms with E-state index >= 15 is 0 Å². The average Bonchev–Trinajstić information content (AvgIpc) is 3.10. The minimum Gasteiger partial charge on any atom is -0.482 e. The molecule has 6 heteroatoms. The van der Waals surface area contributed by atoms with Crippen LogP contribution in [0.1, 0.15) is 11.1 Å². The van der Waals surface area contributed by atoms with Crippen LogP contribution in [0.4, 0.5) is 5.69 Å². The Morgan fingerprint density at radius 3 is 2.42 bits per heavy atom. The van der Waals surface area contributed by atoms with Gasteiger partial charge in [-0.2, -0.15) is 0 Å². The highest BCUT2D eigenvalue weighted by Gasteiger charge is 2.09. The molecular formula is C18H18N4O2. The van der Waals surface area contributed by atoms with Crippen molar-refractivity contribution in [3.8, 4) is 11.4 Å². The first-order valence-corrected chi connectivity index (χ1v) is 7.57. The van der Waals surface area contributed by atoms with Crippen molar-refractivity contribution in [3.05, 3.63) is 66.2 Å². The van der Waals surface area contributed by atoms with E-state index in [1.807, 2.05) is 56.3 Å². The summed E-state index contributed by atoms with van der Waals surface area (Å²) in [5.74, 6) is 0.383. The quantitative estimate of drug-likeness (QED) is 0.784. The van der Waals surface area contributed by atoms with E-state index in [2.05, 4.69) is 15.5 Å². The largest absolute Gasteiger partial charge is 0.482 e. The molecule has 0 radical (unpaired) electrons. The van der Waals surface area contributed by atoms with Crippen molar-refractivity contribution in [1.29, 1.82) is 0 Å². The molecule has 24 heavy (non-hydrogen) atoms. The van der Waals surface area contributed by atoms with Gasteiger partial charge in [0.05, 0.1) is 5.69 Å². The Bertz CT molecular complexity index is 827. The van der Waals surface area contributed by atoms with Crippen LogP contribution in [-0.2, 0) is 4.79 Å². The highest BCUT2D eigenvalue weighted by Crippen LogP contribution is 2.23. The van der Waals surface area contributed by atoms with Crippen molar-refractivity contribution in [2.24, 2.45) is 0 Å². The number of anilines is 1. The van der Waals surface area contributed by atoms with Crippen molar-refractivity contribution >= 4 is 11.6 Å². The van der Waals surface area contributed by atoms with Gasteiger partial charge in [-0.3, -0.25) is 9.36 Å². The van der Waals surface area contributed by atoms with E-state index in [1.165, 1.54) is 0 Å². The molecule has 0 spiro atoms. The molecule has 122 valence electrons. The number of carbonyl (C=O) groups excluding carboxylic acids is 1. The van der Waals surface area contributed by atoms with Gasteiger partial charge in [0, 0.05) is 5.69 Å². The lowest BCUT2D eigenvalue weighted by Crippen LogP contribution is -2.20. The zero-order chi connectivity index (χ0) is 16.9. The van der Waals surface area contributed by atoms with Gasteiger partial charge in [0.15, 0.2) is 6.61 Å². The number of rotatable bonds is 5. The number of aromatic nitrogens is 3. The monoisotopic (exact) mass is 322 g/mol. The zero-order valence-electron chi connectivity index (χ0n) is 13.6. The molecule has 2 aromatic carbocycles. The average molecular weight is 322 g/mol. The summed E-state index contributed by atoms with van der Waals surface area (Å²) < 4.78 is 7.44. The van der Waals surface area contributed by atoms with E-state index in [0.29, 0.717) is 5.75 Å². The third-order valence-corrected chi connectivity index (χ3v) is 3.51. The zero-order valence-corrected chi connectivity index (χ0v) is 13.6. The second-order valence-corrected chi connectivity index (χ2v) is 5.54. The molecule has 1 amide bonds. The SMILES string of the molecule is Cc1ccc(NC(=O)COc2ccc(C)cc2-n2cnnc2)cc1. The minimum atomic E-state index is -0.214. The van der Waals surface area contributed by atoms with Crippen molar-refractivity contribution in [1.82, 2.24) is 14.8 Å². The number of amides is 1. The van der Waals surface area contributed by atoms with Crippen LogP contribution >= 0.6 is 0 Å². The van der Waals surface area contributed by atoms with Crippen molar-refractivity contribution < 1.29 is 9.53 Å². The van der Waals surface area contributed by atoms with Crippen LogP contribution in [0.2, 0.25) is 0 Å².